The lowest BCUT2D eigenvalue weighted by Gasteiger charge is -2.09. The van der Waals surface area contributed by atoms with E-state index < -0.39 is 5.97 Å². The lowest BCUT2D eigenvalue weighted by atomic mass is 10.1. The summed E-state index contributed by atoms with van der Waals surface area (Å²) in [6.45, 7) is 1.88. The Morgan fingerprint density at radius 1 is 1.07 bits per heavy atom. The third kappa shape index (κ3) is 4.83. The molecule has 0 fully saturated rings. The molecule has 0 spiro atoms. The van der Waals surface area contributed by atoms with Gasteiger partial charge in [0.05, 0.1) is 27.2 Å². The number of halogens is 1. The van der Waals surface area contributed by atoms with E-state index in [0.29, 0.717) is 26.8 Å². The number of amides is 1. The monoisotopic (exact) mass is 448 g/mol. The van der Waals surface area contributed by atoms with E-state index in [2.05, 4.69) is 4.99 Å². The van der Waals surface area contributed by atoms with Crippen LogP contribution in [0.3, 0.4) is 0 Å². The summed E-state index contributed by atoms with van der Waals surface area (Å²) in [5.74, 6) is 0.353. The number of hydrogen-bond donors (Lipinski definition) is 0. The largest absolute Gasteiger partial charge is 0.495 e. The summed E-state index contributed by atoms with van der Waals surface area (Å²) in [6.07, 6.45) is 0.110. The van der Waals surface area contributed by atoms with Gasteiger partial charge >= 0.3 is 5.97 Å². The van der Waals surface area contributed by atoms with E-state index >= 15 is 0 Å². The van der Waals surface area contributed by atoms with Crippen molar-refractivity contribution in [3.63, 3.8) is 0 Å². The number of fused-ring (bicyclic) bond motifs is 1. The minimum Gasteiger partial charge on any atom is -0.495 e. The van der Waals surface area contributed by atoms with E-state index in [1.807, 2.05) is 0 Å². The molecule has 3 aromatic rings. The SMILES string of the molecule is CCOC(=O)Cn1c(=NC(=O)Cc2ccc(Cl)cc2)sc2c(OC)ccc(OC)c21. The third-order valence-electron chi connectivity index (χ3n) is 4.27. The second-order valence-electron chi connectivity index (χ2n) is 6.23. The predicted octanol–water partition coefficient (Wildman–Crippen LogP) is 3.61. The zero-order valence-electron chi connectivity index (χ0n) is 16.8. The van der Waals surface area contributed by atoms with E-state index in [9.17, 15) is 9.59 Å². The van der Waals surface area contributed by atoms with Crippen molar-refractivity contribution in [1.29, 1.82) is 0 Å². The van der Waals surface area contributed by atoms with Crippen molar-refractivity contribution in [3.05, 3.63) is 51.8 Å². The first-order chi connectivity index (χ1) is 14.5. The zero-order valence-corrected chi connectivity index (χ0v) is 18.4. The quantitative estimate of drug-likeness (QED) is 0.516. The highest BCUT2D eigenvalue weighted by Gasteiger charge is 2.19. The maximum atomic E-state index is 12.6. The van der Waals surface area contributed by atoms with E-state index in [1.165, 1.54) is 18.4 Å². The third-order valence-corrected chi connectivity index (χ3v) is 5.62. The average Bonchev–Trinajstić information content (AvgIpc) is 3.07. The van der Waals surface area contributed by atoms with Gasteiger partial charge in [0.2, 0.25) is 0 Å². The lowest BCUT2D eigenvalue weighted by molar-refractivity contribution is -0.143. The van der Waals surface area contributed by atoms with Gasteiger partial charge in [-0.2, -0.15) is 4.99 Å². The number of aromatic nitrogens is 1. The van der Waals surface area contributed by atoms with Crippen LogP contribution in [-0.4, -0.2) is 37.3 Å². The second-order valence-corrected chi connectivity index (χ2v) is 7.65. The van der Waals surface area contributed by atoms with Crippen molar-refractivity contribution in [2.45, 2.75) is 19.9 Å². The number of nitrogens with zero attached hydrogens (tertiary/aromatic N) is 2. The molecule has 0 unspecified atom stereocenters. The van der Waals surface area contributed by atoms with Gasteiger partial charge in [0.25, 0.3) is 5.91 Å². The van der Waals surface area contributed by atoms with E-state index in [-0.39, 0.29) is 25.5 Å². The summed E-state index contributed by atoms with van der Waals surface area (Å²) < 4.78 is 18.4. The Bertz CT molecular complexity index is 1130. The van der Waals surface area contributed by atoms with Gasteiger partial charge < -0.3 is 18.8 Å². The van der Waals surface area contributed by atoms with Gasteiger partial charge in [-0.1, -0.05) is 35.1 Å². The van der Waals surface area contributed by atoms with E-state index in [4.69, 9.17) is 25.8 Å². The average molecular weight is 449 g/mol. The Morgan fingerprint density at radius 3 is 2.37 bits per heavy atom. The Morgan fingerprint density at radius 2 is 1.73 bits per heavy atom. The van der Waals surface area contributed by atoms with E-state index in [1.54, 1.807) is 55.0 Å². The number of carbonyl (C=O) groups excluding carboxylic acids is 2. The van der Waals surface area contributed by atoms with Crippen LogP contribution in [0.2, 0.25) is 5.02 Å². The molecule has 30 heavy (non-hydrogen) atoms. The van der Waals surface area contributed by atoms with Crippen LogP contribution in [0.15, 0.2) is 41.4 Å². The highest BCUT2D eigenvalue weighted by molar-refractivity contribution is 7.16. The number of hydrogen-bond acceptors (Lipinski definition) is 6. The molecule has 0 aliphatic rings. The van der Waals surface area contributed by atoms with Crippen LogP contribution < -0.4 is 14.3 Å². The van der Waals surface area contributed by atoms with Gasteiger partial charge in [-0.3, -0.25) is 9.59 Å². The van der Waals surface area contributed by atoms with Gasteiger partial charge in [0.15, 0.2) is 4.80 Å². The van der Waals surface area contributed by atoms with Crippen molar-refractivity contribution in [2.24, 2.45) is 4.99 Å². The van der Waals surface area contributed by atoms with Crippen LogP contribution in [0.25, 0.3) is 10.2 Å². The Hall–Kier alpha value is -2.84. The fourth-order valence-electron chi connectivity index (χ4n) is 2.94. The number of thiazole rings is 1. The Balaban J connectivity index is 2.11. The van der Waals surface area contributed by atoms with Gasteiger partial charge in [-0.15, -0.1) is 0 Å². The highest BCUT2D eigenvalue weighted by Crippen LogP contribution is 2.35. The lowest BCUT2D eigenvalue weighted by Crippen LogP contribution is -2.23. The first-order valence-electron chi connectivity index (χ1n) is 9.18. The van der Waals surface area contributed by atoms with Gasteiger partial charge in [-0.25, -0.2) is 0 Å². The Labute approximate surface area is 182 Å². The van der Waals surface area contributed by atoms with Crippen LogP contribution in [0.1, 0.15) is 12.5 Å². The normalized spacial score (nSPS) is 11.5. The number of benzene rings is 2. The molecular weight excluding hydrogens is 428 g/mol. The highest BCUT2D eigenvalue weighted by atomic mass is 35.5. The standard InChI is InChI=1S/C21H21ClN2O5S/c1-4-29-18(26)12-24-19-15(27-2)9-10-16(28-3)20(19)30-21(24)23-17(25)11-13-5-7-14(22)8-6-13/h5-10H,4,11-12H2,1-3H3. The van der Waals surface area contributed by atoms with Crippen molar-refractivity contribution in [3.8, 4) is 11.5 Å². The number of ether oxygens (including phenoxy) is 3. The first-order valence-corrected chi connectivity index (χ1v) is 10.4. The van der Waals surface area contributed by atoms with Crippen molar-refractivity contribution in [1.82, 2.24) is 4.57 Å². The molecule has 0 atom stereocenters. The fourth-order valence-corrected chi connectivity index (χ4v) is 4.23. The number of rotatable bonds is 7. The van der Waals surface area contributed by atoms with Crippen LogP contribution in [0, 0.1) is 0 Å². The maximum absolute atomic E-state index is 12.6. The topological polar surface area (TPSA) is 79.1 Å². The molecule has 1 heterocycles. The molecule has 158 valence electrons. The molecule has 0 saturated heterocycles. The van der Waals surface area contributed by atoms with Gasteiger partial charge in [0.1, 0.15) is 28.3 Å². The summed E-state index contributed by atoms with van der Waals surface area (Å²) in [6, 6.07) is 10.5. The van der Waals surface area contributed by atoms with Gasteiger partial charge in [-0.05, 0) is 36.8 Å². The fraction of sp³-hybridized carbons (Fsp3) is 0.286. The minimum absolute atomic E-state index is 0.107. The molecular formula is C21H21ClN2O5S. The summed E-state index contributed by atoms with van der Waals surface area (Å²) in [5.41, 5.74) is 1.41. The van der Waals surface area contributed by atoms with Gasteiger partial charge in [0, 0.05) is 5.02 Å². The van der Waals surface area contributed by atoms with Crippen LogP contribution in [0.5, 0.6) is 11.5 Å². The summed E-state index contributed by atoms with van der Waals surface area (Å²) in [5, 5.41) is 0.596. The molecule has 0 N–H and O–H groups in total. The second kappa shape index (κ2) is 9.77. The molecule has 0 radical (unpaired) electrons. The molecule has 9 heteroatoms. The van der Waals surface area contributed by atoms with Crippen molar-refractivity contribution < 1.29 is 23.8 Å². The molecule has 0 saturated carbocycles. The first kappa shape index (κ1) is 21.9. The van der Waals surface area contributed by atoms with Crippen LogP contribution in [0.4, 0.5) is 0 Å². The molecule has 1 amide bonds. The number of carbonyl (C=O) groups is 2. The zero-order chi connectivity index (χ0) is 21.7. The molecule has 0 aliphatic carbocycles. The molecule has 0 bridgehead atoms. The summed E-state index contributed by atoms with van der Waals surface area (Å²) in [7, 11) is 3.09. The predicted molar refractivity (Wildman–Crippen MR) is 115 cm³/mol. The van der Waals surface area contributed by atoms with Crippen molar-refractivity contribution in [2.75, 3.05) is 20.8 Å². The summed E-state index contributed by atoms with van der Waals surface area (Å²) >= 11 is 7.15. The molecule has 2 aromatic carbocycles. The number of methoxy groups -OCH3 is 2. The molecule has 0 aliphatic heterocycles. The molecule has 1 aromatic heterocycles. The summed E-state index contributed by atoms with van der Waals surface area (Å²) in [4.78, 5) is 29.5. The maximum Gasteiger partial charge on any atom is 0.326 e. The molecule has 7 nitrogen and oxygen atoms in total. The Kier molecular flexibility index (Phi) is 7.12. The number of esters is 1. The van der Waals surface area contributed by atoms with E-state index in [0.717, 1.165) is 10.3 Å². The smallest absolute Gasteiger partial charge is 0.326 e. The van der Waals surface area contributed by atoms with Crippen LogP contribution >= 0.6 is 22.9 Å². The van der Waals surface area contributed by atoms with Crippen molar-refractivity contribution >= 4 is 45.0 Å². The molecule has 3 rings (SSSR count). The van der Waals surface area contributed by atoms with Crippen LogP contribution in [-0.2, 0) is 27.3 Å². The minimum atomic E-state index is -0.436.